The van der Waals surface area contributed by atoms with Gasteiger partial charge in [0.25, 0.3) is 0 Å². The molecular weight excluding hydrogens is 226 g/mol. The maximum atomic E-state index is 10.7. The molecule has 0 aromatic heterocycles. The van der Waals surface area contributed by atoms with Crippen molar-refractivity contribution in [3.8, 4) is 0 Å². The summed E-state index contributed by atoms with van der Waals surface area (Å²) < 4.78 is 0. The molecule has 0 fully saturated rings. The Morgan fingerprint density at radius 1 is 1.56 bits per heavy atom. The van der Waals surface area contributed by atoms with Crippen molar-refractivity contribution in [2.24, 2.45) is 0 Å². The standard InChI is InChI=1S/C12H14ClNO2/c1-8(2)7-14(3)11-5-4-9(12(15)16)6-10(11)13/h4-6H,1,7H2,2-3H3,(H,15,16). The van der Waals surface area contributed by atoms with E-state index in [0.29, 0.717) is 11.6 Å². The summed E-state index contributed by atoms with van der Waals surface area (Å²) in [5.74, 6) is -0.976. The second-order valence-corrected chi connectivity index (χ2v) is 4.19. The normalized spacial score (nSPS) is 9.94. The lowest BCUT2D eigenvalue weighted by molar-refractivity contribution is 0.0697. The van der Waals surface area contributed by atoms with E-state index in [1.807, 2.05) is 18.9 Å². The average molecular weight is 240 g/mol. The third-order valence-corrected chi connectivity index (χ3v) is 2.42. The fourth-order valence-corrected chi connectivity index (χ4v) is 1.76. The Balaban J connectivity index is 2.98. The first-order chi connectivity index (χ1) is 7.41. The number of nitrogens with zero attached hydrogens (tertiary/aromatic N) is 1. The number of hydrogen-bond acceptors (Lipinski definition) is 2. The molecule has 0 heterocycles. The molecule has 0 unspecified atom stereocenters. The van der Waals surface area contributed by atoms with Gasteiger partial charge < -0.3 is 10.0 Å². The smallest absolute Gasteiger partial charge is 0.335 e. The molecule has 1 N–H and O–H groups in total. The highest BCUT2D eigenvalue weighted by Gasteiger charge is 2.09. The molecule has 3 nitrogen and oxygen atoms in total. The van der Waals surface area contributed by atoms with Gasteiger partial charge in [-0.1, -0.05) is 23.8 Å². The van der Waals surface area contributed by atoms with Gasteiger partial charge in [-0.25, -0.2) is 4.79 Å². The molecule has 0 spiro atoms. The number of hydrogen-bond donors (Lipinski definition) is 1. The first-order valence-corrected chi connectivity index (χ1v) is 5.18. The molecule has 1 aromatic carbocycles. The second kappa shape index (κ2) is 5.03. The van der Waals surface area contributed by atoms with Gasteiger partial charge in [-0.05, 0) is 25.1 Å². The van der Waals surface area contributed by atoms with Gasteiger partial charge >= 0.3 is 5.97 Å². The molecule has 0 saturated carbocycles. The summed E-state index contributed by atoms with van der Waals surface area (Å²) >= 11 is 6.02. The zero-order valence-corrected chi connectivity index (χ0v) is 10.1. The van der Waals surface area contributed by atoms with Gasteiger partial charge in [-0.15, -0.1) is 0 Å². The highest BCUT2D eigenvalue weighted by Crippen LogP contribution is 2.26. The molecule has 0 radical (unpaired) electrons. The fourth-order valence-electron chi connectivity index (χ4n) is 1.44. The molecule has 1 rings (SSSR count). The van der Waals surface area contributed by atoms with Crippen LogP contribution in [-0.4, -0.2) is 24.7 Å². The third-order valence-electron chi connectivity index (χ3n) is 2.11. The van der Waals surface area contributed by atoms with Gasteiger partial charge in [-0.2, -0.15) is 0 Å². The van der Waals surface area contributed by atoms with Gasteiger partial charge in [0, 0.05) is 13.6 Å². The summed E-state index contributed by atoms with van der Waals surface area (Å²) in [4.78, 5) is 12.7. The summed E-state index contributed by atoms with van der Waals surface area (Å²) in [7, 11) is 1.89. The zero-order chi connectivity index (χ0) is 12.3. The van der Waals surface area contributed by atoms with Gasteiger partial charge in [-0.3, -0.25) is 0 Å². The number of rotatable bonds is 4. The van der Waals surface area contributed by atoms with Crippen LogP contribution in [-0.2, 0) is 0 Å². The van der Waals surface area contributed by atoms with Crippen molar-refractivity contribution >= 4 is 23.3 Å². The third kappa shape index (κ3) is 3.00. The topological polar surface area (TPSA) is 40.5 Å². The summed E-state index contributed by atoms with van der Waals surface area (Å²) in [5.41, 5.74) is 2.01. The van der Waals surface area contributed by atoms with Gasteiger partial charge in [0.2, 0.25) is 0 Å². The summed E-state index contributed by atoms with van der Waals surface area (Å²) in [6.45, 7) is 6.43. The number of benzene rings is 1. The van der Waals surface area contributed by atoms with Crippen molar-refractivity contribution in [2.75, 3.05) is 18.5 Å². The van der Waals surface area contributed by atoms with Crippen molar-refractivity contribution in [3.63, 3.8) is 0 Å². The predicted molar refractivity (Wildman–Crippen MR) is 66.5 cm³/mol. The lowest BCUT2D eigenvalue weighted by atomic mass is 10.2. The molecule has 0 saturated heterocycles. The lowest BCUT2D eigenvalue weighted by Gasteiger charge is -2.20. The van der Waals surface area contributed by atoms with Gasteiger partial charge in [0.05, 0.1) is 16.3 Å². The molecule has 86 valence electrons. The molecule has 4 heteroatoms. The number of halogens is 1. The Morgan fingerprint density at radius 3 is 2.62 bits per heavy atom. The minimum atomic E-state index is -0.976. The van der Waals surface area contributed by atoms with Crippen LogP contribution < -0.4 is 4.90 Å². The highest BCUT2D eigenvalue weighted by atomic mass is 35.5. The van der Waals surface area contributed by atoms with E-state index in [4.69, 9.17) is 16.7 Å². The van der Waals surface area contributed by atoms with Crippen molar-refractivity contribution in [1.82, 2.24) is 0 Å². The van der Waals surface area contributed by atoms with Crippen LogP contribution in [0.5, 0.6) is 0 Å². The van der Waals surface area contributed by atoms with Crippen LogP contribution in [0.2, 0.25) is 5.02 Å². The van der Waals surface area contributed by atoms with Crippen LogP contribution in [0.3, 0.4) is 0 Å². The van der Waals surface area contributed by atoms with E-state index >= 15 is 0 Å². The molecule has 0 bridgehead atoms. The molecule has 0 atom stereocenters. The average Bonchev–Trinajstić information content (AvgIpc) is 2.15. The number of likely N-dealkylation sites (N-methyl/N-ethyl adjacent to an activating group) is 1. The van der Waals surface area contributed by atoms with E-state index in [1.54, 1.807) is 12.1 Å². The van der Waals surface area contributed by atoms with Crippen LogP contribution >= 0.6 is 11.6 Å². The summed E-state index contributed by atoms with van der Waals surface area (Å²) in [6.07, 6.45) is 0. The SMILES string of the molecule is C=C(C)CN(C)c1ccc(C(=O)O)cc1Cl. The maximum absolute atomic E-state index is 10.7. The number of carboxylic acids is 1. The monoisotopic (exact) mass is 239 g/mol. The number of carbonyl (C=O) groups is 1. The number of anilines is 1. The van der Waals surface area contributed by atoms with Crippen molar-refractivity contribution < 1.29 is 9.90 Å². The lowest BCUT2D eigenvalue weighted by Crippen LogP contribution is -2.19. The van der Waals surface area contributed by atoms with Crippen molar-refractivity contribution in [3.05, 3.63) is 40.9 Å². The van der Waals surface area contributed by atoms with Crippen LogP contribution in [0, 0.1) is 0 Å². The Labute approximate surface area is 100.0 Å². The largest absolute Gasteiger partial charge is 0.478 e. The Hall–Kier alpha value is -1.48. The molecule has 0 aliphatic heterocycles. The molecule has 0 aliphatic rings. The van der Waals surface area contributed by atoms with Gasteiger partial charge in [0.1, 0.15) is 0 Å². The second-order valence-electron chi connectivity index (χ2n) is 3.78. The van der Waals surface area contributed by atoms with Crippen LogP contribution in [0.25, 0.3) is 0 Å². The predicted octanol–water partition coefficient (Wildman–Crippen LogP) is 3.05. The fraction of sp³-hybridized carbons (Fsp3) is 0.250. The number of aromatic carboxylic acids is 1. The Morgan fingerprint density at radius 2 is 2.19 bits per heavy atom. The Kier molecular flexibility index (Phi) is 3.96. The zero-order valence-electron chi connectivity index (χ0n) is 9.33. The van der Waals surface area contributed by atoms with E-state index < -0.39 is 5.97 Å². The number of carboxylic acid groups (broad SMARTS) is 1. The highest BCUT2D eigenvalue weighted by molar-refractivity contribution is 6.33. The van der Waals surface area contributed by atoms with Crippen molar-refractivity contribution in [2.45, 2.75) is 6.92 Å². The van der Waals surface area contributed by atoms with Crippen molar-refractivity contribution in [1.29, 1.82) is 0 Å². The first-order valence-electron chi connectivity index (χ1n) is 4.80. The van der Waals surface area contributed by atoms with E-state index in [-0.39, 0.29) is 5.56 Å². The molecule has 0 aliphatic carbocycles. The van der Waals surface area contributed by atoms with Gasteiger partial charge in [0.15, 0.2) is 0 Å². The first kappa shape index (κ1) is 12.6. The summed E-state index contributed by atoms with van der Waals surface area (Å²) in [5, 5.41) is 9.23. The molecule has 16 heavy (non-hydrogen) atoms. The van der Waals surface area contributed by atoms with Crippen LogP contribution in [0.15, 0.2) is 30.4 Å². The van der Waals surface area contributed by atoms with Crippen LogP contribution in [0.1, 0.15) is 17.3 Å². The quantitative estimate of drug-likeness (QED) is 0.821. The molecule has 1 aromatic rings. The Bertz CT molecular complexity index is 429. The van der Waals surface area contributed by atoms with E-state index in [1.165, 1.54) is 6.07 Å². The van der Waals surface area contributed by atoms with E-state index in [2.05, 4.69) is 6.58 Å². The minimum absolute atomic E-state index is 0.192. The molecule has 0 amide bonds. The maximum Gasteiger partial charge on any atom is 0.335 e. The molecular formula is C12H14ClNO2. The van der Waals surface area contributed by atoms with E-state index in [0.717, 1.165) is 11.3 Å². The van der Waals surface area contributed by atoms with Crippen LogP contribution in [0.4, 0.5) is 5.69 Å². The van der Waals surface area contributed by atoms with E-state index in [9.17, 15) is 4.79 Å². The summed E-state index contributed by atoms with van der Waals surface area (Å²) in [6, 6.07) is 4.70. The minimum Gasteiger partial charge on any atom is -0.478 e.